The van der Waals surface area contributed by atoms with Crippen molar-refractivity contribution in [3.63, 3.8) is 0 Å². The molecule has 0 aliphatic heterocycles. The van der Waals surface area contributed by atoms with Crippen molar-refractivity contribution in [3.8, 4) is 11.3 Å². The molecule has 22 heavy (non-hydrogen) atoms. The summed E-state index contributed by atoms with van der Waals surface area (Å²) in [7, 11) is 0. The summed E-state index contributed by atoms with van der Waals surface area (Å²) in [4.78, 5) is 17.0. The maximum absolute atomic E-state index is 12.4. The Hall–Kier alpha value is -1.39. The lowest BCUT2D eigenvalue weighted by atomic mass is 9.88. The number of thiazole rings is 1. The van der Waals surface area contributed by atoms with Crippen LogP contribution in [0.2, 0.25) is 5.02 Å². The topological polar surface area (TPSA) is 42.0 Å². The number of nitrogens with one attached hydrogen (secondary N) is 1. The SMILES string of the molecule is O=C(Nc1nc(-c2ccc(Cl)cc2)cs1)C1CC2CCC1C2. The molecule has 2 bridgehead atoms. The number of hydrogen-bond donors (Lipinski definition) is 1. The van der Waals surface area contributed by atoms with Crippen LogP contribution >= 0.6 is 22.9 Å². The first-order valence-electron chi connectivity index (χ1n) is 7.71. The first-order valence-corrected chi connectivity index (χ1v) is 8.97. The average molecular weight is 333 g/mol. The van der Waals surface area contributed by atoms with Crippen molar-refractivity contribution < 1.29 is 4.79 Å². The second kappa shape index (κ2) is 5.67. The zero-order valence-corrected chi connectivity index (χ0v) is 13.7. The lowest BCUT2D eigenvalue weighted by Crippen LogP contribution is -2.27. The third kappa shape index (κ3) is 2.66. The molecular formula is C17H17ClN2OS. The number of rotatable bonds is 3. The molecule has 1 heterocycles. The van der Waals surface area contributed by atoms with Gasteiger partial charge in [0, 0.05) is 21.9 Å². The van der Waals surface area contributed by atoms with Crippen LogP contribution in [0.3, 0.4) is 0 Å². The van der Waals surface area contributed by atoms with E-state index in [1.165, 1.54) is 30.6 Å². The quantitative estimate of drug-likeness (QED) is 0.874. The second-order valence-corrected chi connectivity index (χ2v) is 7.61. The van der Waals surface area contributed by atoms with Crippen molar-refractivity contribution in [2.75, 3.05) is 5.32 Å². The van der Waals surface area contributed by atoms with Gasteiger partial charge >= 0.3 is 0 Å². The van der Waals surface area contributed by atoms with E-state index in [1.54, 1.807) is 0 Å². The van der Waals surface area contributed by atoms with Crippen molar-refractivity contribution in [1.29, 1.82) is 0 Å². The summed E-state index contributed by atoms with van der Waals surface area (Å²) in [6, 6.07) is 7.59. The minimum atomic E-state index is 0.157. The number of hydrogen-bond acceptors (Lipinski definition) is 3. The molecule has 1 N–H and O–H groups in total. The predicted octanol–water partition coefficient (Wildman–Crippen LogP) is 4.84. The summed E-state index contributed by atoms with van der Waals surface area (Å²) in [6.45, 7) is 0. The molecule has 2 fully saturated rings. The fourth-order valence-corrected chi connectivity index (χ4v) is 4.70. The maximum Gasteiger partial charge on any atom is 0.229 e. The van der Waals surface area contributed by atoms with Crippen LogP contribution in [-0.2, 0) is 4.79 Å². The van der Waals surface area contributed by atoms with Gasteiger partial charge in [0.05, 0.1) is 5.69 Å². The van der Waals surface area contributed by atoms with Gasteiger partial charge in [0.2, 0.25) is 5.91 Å². The van der Waals surface area contributed by atoms with Gasteiger partial charge < -0.3 is 5.32 Å². The monoisotopic (exact) mass is 332 g/mol. The highest BCUT2D eigenvalue weighted by atomic mass is 35.5. The molecule has 114 valence electrons. The van der Waals surface area contributed by atoms with Gasteiger partial charge in [-0.3, -0.25) is 4.79 Å². The standard InChI is InChI=1S/C17H17ClN2OS/c18-13-5-3-11(4-6-13)15-9-22-17(19-15)20-16(21)14-8-10-1-2-12(14)7-10/h3-6,9-10,12,14H,1-2,7-8H2,(H,19,20,21). The molecule has 1 aromatic heterocycles. The molecule has 5 heteroatoms. The fraction of sp³-hybridized carbons (Fsp3) is 0.412. The van der Waals surface area contributed by atoms with E-state index in [-0.39, 0.29) is 11.8 Å². The van der Waals surface area contributed by atoms with E-state index in [4.69, 9.17) is 11.6 Å². The summed E-state index contributed by atoms with van der Waals surface area (Å²) < 4.78 is 0. The summed E-state index contributed by atoms with van der Waals surface area (Å²) in [6.07, 6.45) is 4.83. The van der Waals surface area contributed by atoms with Gasteiger partial charge in [-0.05, 0) is 43.2 Å². The first-order chi connectivity index (χ1) is 10.7. The number of benzene rings is 1. The highest BCUT2D eigenvalue weighted by Crippen LogP contribution is 2.48. The van der Waals surface area contributed by atoms with E-state index in [2.05, 4.69) is 10.3 Å². The Balaban J connectivity index is 1.45. The van der Waals surface area contributed by atoms with Crippen LogP contribution in [0.5, 0.6) is 0 Å². The van der Waals surface area contributed by atoms with Crippen molar-refractivity contribution >= 4 is 34.0 Å². The highest BCUT2D eigenvalue weighted by Gasteiger charge is 2.43. The molecule has 0 radical (unpaired) electrons. The molecule has 2 aliphatic carbocycles. The summed E-state index contributed by atoms with van der Waals surface area (Å²) in [5, 5.41) is 6.39. The van der Waals surface area contributed by atoms with Gasteiger partial charge in [-0.2, -0.15) is 0 Å². The lowest BCUT2D eigenvalue weighted by molar-refractivity contribution is -0.121. The van der Waals surface area contributed by atoms with Gasteiger partial charge in [0.25, 0.3) is 0 Å². The van der Waals surface area contributed by atoms with Crippen LogP contribution in [0, 0.1) is 17.8 Å². The highest BCUT2D eigenvalue weighted by molar-refractivity contribution is 7.14. The Kier molecular flexibility index (Phi) is 3.66. The Morgan fingerprint density at radius 2 is 2.05 bits per heavy atom. The molecular weight excluding hydrogens is 316 g/mol. The van der Waals surface area contributed by atoms with Crippen LogP contribution in [0.25, 0.3) is 11.3 Å². The van der Waals surface area contributed by atoms with Gasteiger partial charge in [-0.15, -0.1) is 11.3 Å². The molecule has 1 aromatic carbocycles. The van der Waals surface area contributed by atoms with Gasteiger partial charge in [-0.25, -0.2) is 4.98 Å². The van der Waals surface area contributed by atoms with Crippen molar-refractivity contribution in [3.05, 3.63) is 34.7 Å². The number of carbonyl (C=O) groups excluding carboxylic acids is 1. The van der Waals surface area contributed by atoms with Gasteiger partial charge in [-0.1, -0.05) is 30.2 Å². The molecule has 2 aliphatic rings. The smallest absolute Gasteiger partial charge is 0.229 e. The average Bonchev–Trinajstić information content (AvgIpc) is 3.24. The largest absolute Gasteiger partial charge is 0.302 e. The van der Waals surface area contributed by atoms with Crippen LogP contribution in [0.4, 0.5) is 5.13 Å². The van der Waals surface area contributed by atoms with E-state index in [0.717, 1.165) is 23.6 Å². The third-order valence-electron chi connectivity index (χ3n) is 4.95. The lowest BCUT2D eigenvalue weighted by Gasteiger charge is -2.19. The van der Waals surface area contributed by atoms with Crippen LogP contribution < -0.4 is 5.32 Å². The fourth-order valence-electron chi connectivity index (χ4n) is 3.85. The van der Waals surface area contributed by atoms with E-state index < -0.39 is 0 Å². The Labute approximate surface area is 138 Å². The van der Waals surface area contributed by atoms with E-state index >= 15 is 0 Å². The molecule has 0 saturated heterocycles. The van der Waals surface area contributed by atoms with Crippen molar-refractivity contribution in [2.24, 2.45) is 17.8 Å². The molecule has 3 nitrogen and oxygen atoms in total. The molecule has 4 rings (SSSR count). The van der Waals surface area contributed by atoms with Crippen molar-refractivity contribution in [2.45, 2.75) is 25.7 Å². The molecule has 2 saturated carbocycles. The van der Waals surface area contributed by atoms with Crippen LogP contribution in [0.1, 0.15) is 25.7 Å². The first kappa shape index (κ1) is 14.2. The number of aromatic nitrogens is 1. The Morgan fingerprint density at radius 1 is 1.23 bits per heavy atom. The van der Waals surface area contributed by atoms with Crippen LogP contribution in [-0.4, -0.2) is 10.9 Å². The zero-order chi connectivity index (χ0) is 15.1. The summed E-state index contributed by atoms with van der Waals surface area (Å²) >= 11 is 7.38. The predicted molar refractivity (Wildman–Crippen MR) is 90.1 cm³/mol. The number of anilines is 1. The number of amides is 1. The number of fused-ring (bicyclic) bond motifs is 2. The summed E-state index contributed by atoms with van der Waals surface area (Å²) in [5.74, 6) is 1.73. The Bertz CT molecular complexity index is 697. The van der Waals surface area contributed by atoms with E-state index in [9.17, 15) is 4.79 Å². The van der Waals surface area contributed by atoms with Gasteiger partial charge in [0.1, 0.15) is 0 Å². The van der Waals surface area contributed by atoms with Crippen molar-refractivity contribution in [1.82, 2.24) is 4.98 Å². The second-order valence-electron chi connectivity index (χ2n) is 6.32. The molecule has 2 aromatic rings. The number of carbonyl (C=O) groups is 1. The number of nitrogens with zero attached hydrogens (tertiary/aromatic N) is 1. The van der Waals surface area contributed by atoms with E-state index in [1.807, 2.05) is 29.6 Å². The third-order valence-corrected chi connectivity index (χ3v) is 5.96. The molecule has 0 spiro atoms. The zero-order valence-electron chi connectivity index (χ0n) is 12.1. The minimum Gasteiger partial charge on any atom is -0.302 e. The van der Waals surface area contributed by atoms with E-state index in [0.29, 0.717) is 16.1 Å². The summed E-state index contributed by atoms with van der Waals surface area (Å²) in [5.41, 5.74) is 1.89. The minimum absolute atomic E-state index is 0.157. The molecule has 3 atom stereocenters. The normalized spacial score (nSPS) is 26.3. The molecule has 1 amide bonds. The maximum atomic E-state index is 12.4. The Morgan fingerprint density at radius 3 is 2.73 bits per heavy atom. The van der Waals surface area contributed by atoms with Gasteiger partial charge in [0.15, 0.2) is 5.13 Å². The van der Waals surface area contributed by atoms with Crippen LogP contribution in [0.15, 0.2) is 29.6 Å². The number of halogens is 1. The molecule has 3 unspecified atom stereocenters.